The van der Waals surface area contributed by atoms with Crippen LogP contribution in [0, 0.1) is 0 Å². The molecular weight excluding hydrogens is 308 g/mol. The largest absolute Gasteiger partial charge is 0.373 e. The standard InChI is InChI=1S/C12H16O.C10H12O.CH4/c1-2-3-7-10-13-11-12-8-5-4-6-9-12;1-2-8-11-9-10-6-4-3-5-7-10;/h3-9H,2,10-11H2,1H3;2-7H,1,8-9H2;1H4. The van der Waals surface area contributed by atoms with Crippen LogP contribution in [0.5, 0.6) is 0 Å². The highest BCUT2D eigenvalue weighted by Gasteiger charge is 1.88. The van der Waals surface area contributed by atoms with Gasteiger partial charge in [0.25, 0.3) is 0 Å². The Hall–Kier alpha value is -2.16. The second-order valence-corrected chi connectivity index (χ2v) is 5.17. The molecule has 0 saturated carbocycles. The average molecular weight is 341 g/mol. The molecule has 0 heterocycles. The summed E-state index contributed by atoms with van der Waals surface area (Å²) >= 11 is 0. The van der Waals surface area contributed by atoms with Gasteiger partial charge in [-0.2, -0.15) is 0 Å². The van der Waals surface area contributed by atoms with Crippen molar-refractivity contribution in [2.24, 2.45) is 0 Å². The molecule has 2 aromatic carbocycles. The first-order valence-corrected chi connectivity index (χ1v) is 8.36. The van der Waals surface area contributed by atoms with Crippen LogP contribution < -0.4 is 0 Å². The van der Waals surface area contributed by atoms with Gasteiger partial charge >= 0.3 is 0 Å². The minimum absolute atomic E-state index is 0. The molecule has 0 aliphatic heterocycles. The Morgan fingerprint density at radius 2 is 1.24 bits per heavy atom. The molecule has 2 rings (SSSR count). The molecule has 25 heavy (non-hydrogen) atoms. The summed E-state index contributed by atoms with van der Waals surface area (Å²) in [6.45, 7) is 8.39. The fourth-order valence-electron chi connectivity index (χ4n) is 1.89. The lowest BCUT2D eigenvalue weighted by atomic mass is 10.2. The summed E-state index contributed by atoms with van der Waals surface area (Å²) in [4.78, 5) is 0. The van der Waals surface area contributed by atoms with E-state index < -0.39 is 0 Å². The van der Waals surface area contributed by atoms with Gasteiger partial charge in [0.1, 0.15) is 0 Å². The van der Waals surface area contributed by atoms with Crippen molar-refractivity contribution < 1.29 is 9.47 Å². The third-order valence-corrected chi connectivity index (χ3v) is 3.08. The van der Waals surface area contributed by atoms with Crippen LogP contribution in [-0.2, 0) is 22.7 Å². The van der Waals surface area contributed by atoms with Gasteiger partial charge in [0.15, 0.2) is 0 Å². The molecule has 0 spiro atoms. The van der Waals surface area contributed by atoms with E-state index in [0.717, 1.165) is 6.42 Å². The van der Waals surface area contributed by atoms with E-state index in [-0.39, 0.29) is 7.43 Å². The summed E-state index contributed by atoms with van der Waals surface area (Å²) in [5.74, 6) is 0. The molecule has 0 saturated heterocycles. The first-order valence-electron chi connectivity index (χ1n) is 8.36. The predicted octanol–water partition coefficient (Wildman–Crippen LogP) is 6.19. The number of rotatable bonds is 9. The van der Waals surface area contributed by atoms with Crippen molar-refractivity contribution in [3.8, 4) is 0 Å². The molecule has 2 nitrogen and oxygen atoms in total. The quantitative estimate of drug-likeness (QED) is 0.400. The van der Waals surface area contributed by atoms with Gasteiger partial charge in [-0.15, -0.1) is 6.58 Å². The van der Waals surface area contributed by atoms with Crippen molar-refractivity contribution in [2.45, 2.75) is 34.0 Å². The highest BCUT2D eigenvalue weighted by Crippen LogP contribution is 2.00. The normalized spacial score (nSPS) is 9.80. The van der Waals surface area contributed by atoms with E-state index in [0.29, 0.717) is 26.4 Å². The van der Waals surface area contributed by atoms with Crippen LogP contribution in [0.25, 0.3) is 0 Å². The zero-order chi connectivity index (χ0) is 17.3. The van der Waals surface area contributed by atoms with E-state index in [1.165, 1.54) is 11.1 Å². The summed E-state index contributed by atoms with van der Waals surface area (Å²) in [5.41, 5.74) is 2.43. The van der Waals surface area contributed by atoms with Crippen LogP contribution in [0.3, 0.4) is 0 Å². The molecule has 0 aliphatic carbocycles. The minimum Gasteiger partial charge on any atom is -0.373 e. The second kappa shape index (κ2) is 16.7. The summed E-state index contributed by atoms with van der Waals surface area (Å²) in [6.07, 6.45) is 7.01. The van der Waals surface area contributed by atoms with E-state index in [1.54, 1.807) is 6.08 Å². The first kappa shape index (κ1) is 22.8. The Bertz CT molecular complexity index is 547. The molecule has 0 unspecified atom stereocenters. The van der Waals surface area contributed by atoms with Crippen LogP contribution in [0.1, 0.15) is 31.9 Å². The molecular formula is C23H32O2. The van der Waals surface area contributed by atoms with Gasteiger partial charge in [-0.3, -0.25) is 0 Å². The predicted molar refractivity (Wildman–Crippen MR) is 109 cm³/mol. The SMILES string of the molecule is C.C=CCOCc1ccccc1.CCC=CCOCc1ccccc1. The molecule has 136 valence electrons. The van der Waals surface area contributed by atoms with Gasteiger partial charge in [-0.05, 0) is 17.5 Å². The molecule has 0 radical (unpaired) electrons. The minimum atomic E-state index is 0. The van der Waals surface area contributed by atoms with E-state index in [1.807, 2.05) is 48.5 Å². The zero-order valence-electron chi connectivity index (χ0n) is 14.6. The third kappa shape index (κ3) is 12.9. The molecule has 0 amide bonds. The molecule has 0 N–H and O–H groups in total. The molecule has 0 aromatic heterocycles. The monoisotopic (exact) mass is 340 g/mol. The van der Waals surface area contributed by atoms with Crippen LogP contribution in [0.15, 0.2) is 85.5 Å². The molecule has 2 heteroatoms. The highest BCUT2D eigenvalue weighted by atomic mass is 16.5. The summed E-state index contributed by atoms with van der Waals surface area (Å²) in [6, 6.07) is 20.3. The lowest BCUT2D eigenvalue weighted by Crippen LogP contribution is -1.91. The van der Waals surface area contributed by atoms with Crippen molar-refractivity contribution >= 4 is 0 Å². The fraction of sp³-hybridized carbons (Fsp3) is 0.304. The summed E-state index contributed by atoms with van der Waals surface area (Å²) in [5, 5.41) is 0. The van der Waals surface area contributed by atoms with Crippen LogP contribution in [-0.4, -0.2) is 13.2 Å². The second-order valence-electron chi connectivity index (χ2n) is 5.17. The van der Waals surface area contributed by atoms with Crippen molar-refractivity contribution in [3.05, 3.63) is 96.6 Å². The average Bonchev–Trinajstić information content (AvgIpc) is 2.64. The van der Waals surface area contributed by atoms with Gasteiger partial charge in [-0.25, -0.2) is 0 Å². The Kier molecular flexibility index (Phi) is 15.2. The van der Waals surface area contributed by atoms with Gasteiger partial charge in [0, 0.05) is 0 Å². The lowest BCUT2D eigenvalue weighted by molar-refractivity contribution is 0.148. The van der Waals surface area contributed by atoms with E-state index in [9.17, 15) is 0 Å². The maximum atomic E-state index is 5.43. The Labute approximate surface area is 153 Å². The number of hydrogen-bond donors (Lipinski definition) is 0. The molecule has 0 atom stereocenters. The number of hydrogen-bond acceptors (Lipinski definition) is 2. The molecule has 0 bridgehead atoms. The molecule has 2 aromatic rings. The fourth-order valence-corrected chi connectivity index (χ4v) is 1.89. The maximum absolute atomic E-state index is 5.43. The zero-order valence-corrected chi connectivity index (χ0v) is 14.6. The maximum Gasteiger partial charge on any atom is 0.0721 e. The third-order valence-electron chi connectivity index (χ3n) is 3.08. The van der Waals surface area contributed by atoms with E-state index in [4.69, 9.17) is 9.47 Å². The highest BCUT2D eigenvalue weighted by molar-refractivity contribution is 5.14. The topological polar surface area (TPSA) is 18.5 Å². The van der Waals surface area contributed by atoms with Crippen molar-refractivity contribution in [1.82, 2.24) is 0 Å². The summed E-state index contributed by atoms with van der Waals surface area (Å²) in [7, 11) is 0. The van der Waals surface area contributed by atoms with Crippen LogP contribution >= 0.6 is 0 Å². The Balaban J connectivity index is 0.000000449. The van der Waals surface area contributed by atoms with E-state index >= 15 is 0 Å². The molecule has 0 fully saturated rings. The number of ether oxygens (including phenoxy) is 2. The lowest BCUT2D eigenvalue weighted by Gasteiger charge is -2.00. The summed E-state index contributed by atoms with van der Waals surface area (Å²) < 4.78 is 10.7. The van der Waals surface area contributed by atoms with Crippen LogP contribution in [0.2, 0.25) is 0 Å². The van der Waals surface area contributed by atoms with Crippen molar-refractivity contribution in [3.63, 3.8) is 0 Å². The van der Waals surface area contributed by atoms with Gasteiger partial charge in [0.05, 0.1) is 26.4 Å². The molecule has 0 aliphatic rings. The Morgan fingerprint density at radius 1 is 0.760 bits per heavy atom. The smallest absolute Gasteiger partial charge is 0.0721 e. The van der Waals surface area contributed by atoms with Crippen molar-refractivity contribution in [1.29, 1.82) is 0 Å². The first-order chi connectivity index (χ1) is 11.9. The van der Waals surface area contributed by atoms with E-state index in [2.05, 4.69) is 37.8 Å². The van der Waals surface area contributed by atoms with Crippen LogP contribution in [0.4, 0.5) is 0 Å². The van der Waals surface area contributed by atoms with Gasteiger partial charge in [0.2, 0.25) is 0 Å². The number of benzene rings is 2. The van der Waals surface area contributed by atoms with Gasteiger partial charge < -0.3 is 9.47 Å². The number of allylic oxidation sites excluding steroid dienone is 1. The van der Waals surface area contributed by atoms with Gasteiger partial charge in [-0.1, -0.05) is 93.2 Å². The van der Waals surface area contributed by atoms with Crippen molar-refractivity contribution in [2.75, 3.05) is 13.2 Å². The Morgan fingerprint density at radius 3 is 1.68 bits per heavy atom.